The fourth-order valence-electron chi connectivity index (χ4n) is 2.55. The molecule has 1 N–H and O–H groups in total. The van der Waals surface area contributed by atoms with Crippen molar-refractivity contribution in [1.82, 2.24) is 4.72 Å². The van der Waals surface area contributed by atoms with Crippen molar-refractivity contribution in [3.8, 4) is 0 Å². The Labute approximate surface area is 133 Å². The van der Waals surface area contributed by atoms with Gasteiger partial charge in [0.25, 0.3) is 0 Å². The molecule has 0 radical (unpaired) electrons. The molecule has 7 heteroatoms. The largest absolute Gasteiger partial charge is 0.308 e. The SMILES string of the molecule is O=C1[C@H](NS(=O)(=O)c2ccccc2)CCN1c1ccccc1F. The van der Waals surface area contributed by atoms with Gasteiger partial charge in [-0.1, -0.05) is 30.3 Å². The minimum Gasteiger partial charge on any atom is -0.308 e. The lowest BCUT2D eigenvalue weighted by molar-refractivity contribution is -0.118. The molecule has 1 saturated heterocycles. The molecular weight excluding hydrogens is 319 g/mol. The van der Waals surface area contributed by atoms with E-state index >= 15 is 0 Å². The predicted molar refractivity (Wildman–Crippen MR) is 83.9 cm³/mol. The Morgan fingerprint density at radius 1 is 1.04 bits per heavy atom. The zero-order chi connectivity index (χ0) is 16.4. The summed E-state index contributed by atoms with van der Waals surface area (Å²) in [5.41, 5.74) is 0.166. The third kappa shape index (κ3) is 3.11. The number of carbonyl (C=O) groups is 1. The average molecular weight is 334 g/mol. The highest BCUT2D eigenvalue weighted by atomic mass is 32.2. The summed E-state index contributed by atoms with van der Waals surface area (Å²) >= 11 is 0. The van der Waals surface area contributed by atoms with Crippen molar-refractivity contribution in [3.05, 3.63) is 60.4 Å². The highest BCUT2D eigenvalue weighted by molar-refractivity contribution is 7.89. The second-order valence-corrected chi connectivity index (χ2v) is 6.93. The molecule has 2 aromatic carbocycles. The maximum Gasteiger partial charge on any atom is 0.245 e. The zero-order valence-corrected chi connectivity index (χ0v) is 13.0. The van der Waals surface area contributed by atoms with Gasteiger partial charge in [-0.3, -0.25) is 4.79 Å². The number of halogens is 1. The van der Waals surface area contributed by atoms with Crippen molar-refractivity contribution in [1.29, 1.82) is 0 Å². The van der Waals surface area contributed by atoms with Crippen LogP contribution in [0.2, 0.25) is 0 Å². The second-order valence-electron chi connectivity index (χ2n) is 5.22. The fraction of sp³-hybridized carbons (Fsp3) is 0.188. The first-order valence-electron chi connectivity index (χ1n) is 7.12. The van der Waals surface area contributed by atoms with Crippen LogP contribution in [-0.2, 0) is 14.8 Å². The van der Waals surface area contributed by atoms with Crippen molar-refractivity contribution in [2.24, 2.45) is 0 Å². The molecule has 1 heterocycles. The van der Waals surface area contributed by atoms with Crippen LogP contribution < -0.4 is 9.62 Å². The van der Waals surface area contributed by atoms with Crippen LogP contribution in [0.15, 0.2) is 59.5 Å². The Morgan fingerprint density at radius 3 is 2.39 bits per heavy atom. The maximum atomic E-state index is 13.8. The first-order chi connectivity index (χ1) is 11.0. The Balaban J connectivity index is 1.79. The van der Waals surface area contributed by atoms with E-state index < -0.39 is 27.8 Å². The van der Waals surface area contributed by atoms with E-state index in [1.54, 1.807) is 24.3 Å². The molecule has 1 fully saturated rings. The van der Waals surface area contributed by atoms with Crippen molar-refractivity contribution in [2.45, 2.75) is 17.4 Å². The van der Waals surface area contributed by atoms with Gasteiger partial charge in [0.1, 0.15) is 11.9 Å². The molecule has 1 amide bonds. The van der Waals surface area contributed by atoms with E-state index in [1.807, 2.05) is 0 Å². The van der Waals surface area contributed by atoms with Gasteiger partial charge in [0.05, 0.1) is 10.6 Å². The molecule has 1 atom stereocenters. The van der Waals surface area contributed by atoms with Crippen molar-refractivity contribution < 1.29 is 17.6 Å². The molecule has 0 spiro atoms. The van der Waals surface area contributed by atoms with Gasteiger partial charge in [-0.05, 0) is 30.7 Å². The van der Waals surface area contributed by atoms with Gasteiger partial charge in [0, 0.05) is 6.54 Å². The number of amides is 1. The van der Waals surface area contributed by atoms with Gasteiger partial charge < -0.3 is 4.90 Å². The lowest BCUT2D eigenvalue weighted by Crippen LogP contribution is -2.41. The molecule has 0 unspecified atom stereocenters. The molecule has 1 aliphatic heterocycles. The van der Waals surface area contributed by atoms with Gasteiger partial charge in [0.15, 0.2) is 0 Å². The van der Waals surface area contributed by atoms with Crippen LogP contribution in [-0.4, -0.2) is 26.9 Å². The van der Waals surface area contributed by atoms with Gasteiger partial charge >= 0.3 is 0 Å². The van der Waals surface area contributed by atoms with Crippen LogP contribution in [0.3, 0.4) is 0 Å². The van der Waals surface area contributed by atoms with Crippen molar-refractivity contribution >= 4 is 21.6 Å². The summed E-state index contributed by atoms with van der Waals surface area (Å²) < 4.78 is 40.8. The van der Waals surface area contributed by atoms with Crippen LogP contribution >= 0.6 is 0 Å². The third-order valence-electron chi connectivity index (χ3n) is 3.70. The Bertz CT molecular complexity index is 824. The third-order valence-corrected chi connectivity index (χ3v) is 5.19. The van der Waals surface area contributed by atoms with E-state index in [0.717, 1.165) is 0 Å². The summed E-state index contributed by atoms with van der Waals surface area (Å²) in [5.74, 6) is -0.956. The number of hydrogen-bond acceptors (Lipinski definition) is 3. The molecular formula is C16H15FN2O3S. The van der Waals surface area contributed by atoms with Crippen molar-refractivity contribution in [2.75, 3.05) is 11.4 Å². The standard InChI is InChI=1S/C16H15FN2O3S/c17-13-8-4-5-9-15(13)19-11-10-14(16(19)20)18-23(21,22)12-6-2-1-3-7-12/h1-9,14,18H,10-11H2/t14-/m1/s1. The molecule has 120 valence electrons. The average Bonchev–Trinajstić information content (AvgIpc) is 2.89. The van der Waals surface area contributed by atoms with Crippen LogP contribution in [0.1, 0.15) is 6.42 Å². The number of nitrogens with one attached hydrogen (secondary N) is 1. The highest BCUT2D eigenvalue weighted by Crippen LogP contribution is 2.25. The van der Waals surface area contributed by atoms with E-state index in [4.69, 9.17) is 0 Å². The number of carbonyl (C=O) groups excluding carboxylic acids is 1. The van der Waals surface area contributed by atoms with Gasteiger partial charge in [0.2, 0.25) is 15.9 Å². The van der Waals surface area contributed by atoms with Gasteiger partial charge in [-0.25, -0.2) is 12.8 Å². The summed E-state index contributed by atoms with van der Waals surface area (Å²) in [5, 5.41) is 0. The molecule has 0 aromatic heterocycles. The van der Waals surface area contributed by atoms with E-state index in [-0.39, 0.29) is 17.1 Å². The fourth-order valence-corrected chi connectivity index (χ4v) is 3.80. The van der Waals surface area contributed by atoms with Crippen LogP contribution in [0.4, 0.5) is 10.1 Å². The van der Waals surface area contributed by atoms with Gasteiger partial charge in [-0.2, -0.15) is 4.72 Å². The molecule has 2 aromatic rings. The zero-order valence-electron chi connectivity index (χ0n) is 12.1. The lowest BCUT2D eigenvalue weighted by atomic mass is 10.2. The number of benzene rings is 2. The van der Waals surface area contributed by atoms with E-state index in [1.165, 1.54) is 35.2 Å². The number of para-hydroxylation sites is 1. The minimum absolute atomic E-state index is 0.0946. The minimum atomic E-state index is -3.78. The molecule has 23 heavy (non-hydrogen) atoms. The Hall–Kier alpha value is -2.25. The molecule has 3 rings (SSSR count). The molecule has 5 nitrogen and oxygen atoms in total. The van der Waals surface area contributed by atoms with Crippen molar-refractivity contribution in [3.63, 3.8) is 0 Å². The summed E-state index contributed by atoms with van der Waals surface area (Å²) in [6, 6.07) is 12.9. The topological polar surface area (TPSA) is 66.5 Å². The highest BCUT2D eigenvalue weighted by Gasteiger charge is 2.36. The lowest BCUT2D eigenvalue weighted by Gasteiger charge is -2.18. The number of anilines is 1. The van der Waals surface area contributed by atoms with E-state index in [9.17, 15) is 17.6 Å². The summed E-state index contributed by atoms with van der Waals surface area (Å²) in [6.07, 6.45) is 0.291. The van der Waals surface area contributed by atoms with E-state index in [2.05, 4.69) is 4.72 Å². The first kappa shape index (κ1) is 15.6. The summed E-state index contributed by atoms with van der Waals surface area (Å²) in [7, 11) is -3.78. The first-order valence-corrected chi connectivity index (χ1v) is 8.60. The van der Waals surface area contributed by atoms with E-state index in [0.29, 0.717) is 6.42 Å². The summed E-state index contributed by atoms with van der Waals surface area (Å²) in [4.78, 5) is 13.8. The van der Waals surface area contributed by atoms with Crippen LogP contribution in [0.5, 0.6) is 0 Å². The van der Waals surface area contributed by atoms with Crippen LogP contribution in [0.25, 0.3) is 0 Å². The quantitative estimate of drug-likeness (QED) is 0.929. The smallest absolute Gasteiger partial charge is 0.245 e. The molecule has 0 aliphatic carbocycles. The summed E-state index contributed by atoms with van der Waals surface area (Å²) in [6.45, 7) is 0.266. The normalized spacial score (nSPS) is 18.4. The van der Waals surface area contributed by atoms with Crippen LogP contribution in [0, 0.1) is 5.82 Å². The number of rotatable bonds is 4. The molecule has 0 saturated carbocycles. The number of hydrogen-bond donors (Lipinski definition) is 1. The Kier molecular flexibility index (Phi) is 4.14. The number of sulfonamides is 1. The Morgan fingerprint density at radius 2 is 1.70 bits per heavy atom. The monoisotopic (exact) mass is 334 g/mol. The predicted octanol–water partition coefficient (Wildman–Crippen LogP) is 1.91. The molecule has 1 aliphatic rings. The number of nitrogens with zero attached hydrogens (tertiary/aromatic N) is 1. The second kappa shape index (κ2) is 6.10. The molecule has 0 bridgehead atoms. The van der Waals surface area contributed by atoms with Gasteiger partial charge in [-0.15, -0.1) is 0 Å². The maximum absolute atomic E-state index is 13.8.